The predicted octanol–water partition coefficient (Wildman–Crippen LogP) is 2.87. The van der Waals surface area contributed by atoms with E-state index >= 15 is 0 Å². The van der Waals surface area contributed by atoms with Gasteiger partial charge >= 0.3 is 11.9 Å². The van der Waals surface area contributed by atoms with Crippen molar-refractivity contribution in [3.63, 3.8) is 0 Å². The number of carbonyl (C=O) groups excluding carboxylic acids is 1. The van der Waals surface area contributed by atoms with Crippen LogP contribution < -0.4 is 0 Å². The van der Waals surface area contributed by atoms with Gasteiger partial charge in [0.2, 0.25) is 0 Å². The fourth-order valence-electron chi connectivity index (χ4n) is 1.40. The molecule has 0 saturated carbocycles. The molecular formula is C12H12F3NO2. The lowest BCUT2D eigenvalue weighted by molar-refractivity contribution is -0.173. The van der Waals surface area contributed by atoms with Gasteiger partial charge in [0.25, 0.3) is 0 Å². The summed E-state index contributed by atoms with van der Waals surface area (Å²) < 4.78 is 45.3. The zero-order valence-corrected chi connectivity index (χ0v) is 9.89. The van der Waals surface area contributed by atoms with Crippen molar-refractivity contribution in [2.45, 2.75) is 19.8 Å². The van der Waals surface area contributed by atoms with E-state index in [1.54, 1.807) is 0 Å². The van der Waals surface area contributed by atoms with Gasteiger partial charge in [0.05, 0.1) is 12.2 Å². The monoisotopic (exact) mass is 259 g/mol. The van der Waals surface area contributed by atoms with Crippen molar-refractivity contribution in [2.24, 2.45) is 0 Å². The average Bonchev–Trinajstić information content (AvgIpc) is 2.28. The number of esters is 1. The molecule has 0 heterocycles. The summed E-state index contributed by atoms with van der Waals surface area (Å²) in [5.74, 6) is -7.14. The van der Waals surface area contributed by atoms with Gasteiger partial charge in [-0.15, -0.1) is 0 Å². The highest BCUT2D eigenvalue weighted by Gasteiger charge is 2.45. The first-order valence-corrected chi connectivity index (χ1v) is 5.21. The number of nitrogens with one attached hydrogen (secondary N) is 1. The predicted molar refractivity (Wildman–Crippen MR) is 59.4 cm³/mol. The first kappa shape index (κ1) is 14.2. The number of ether oxygens (including phenoxy) is 1. The minimum atomic E-state index is -4.06. The molecule has 0 radical (unpaired) electrons. The van der Waals surface area contributed by atoms with Crippen LogP contribution in [0.1, 0.15) is 25.0 Å². The first-order chi connectivity index (χ1) is 8.32. The molecule has 0 aliphatic heterocycles. The van der Waals surface area contributed by atoms with Gasteiger partial charge < -0.3 is 10.1 Å². The van der Waals surface area contributed by atoms with Crippen LogP contribution in [0.15, 0.2) is 18.2 Å². The molecule has 98 valence electrons. The van der Waals surface area contributed by atoms with Crippen LogP contribution in [-0.2, 0) is 15.5 Å². The Kier molecular flexibility index (Phi) is 4.11. The third-order valence-corrected chi connectivity index (χ3v) is 2.27. The molecule has 0 amide bonds. The summed E-state index contributed by atoms with van der Waals surface area (Å²) in [5, 5.41) is 7.26. The number of benzene rings is 1. The maximum Gasteiger partial charge on any atom is 0.382 e. The normalized spacial score (nSPS) is 11.2. The molecular weight excluding hydrogens is 247 g/mol. The van der Waals surface area contributed by atoms with Gasteiger partial charge in [-0.05, 0) is 19.9 Å². The van der Waals surface area contributed by atoms with Gasteiger partial charge in [-0.3, -0.25) is 0 Å². The molecule has 3 nitrogen and oxygen atoms in total. The van der Waals surface area contributed by atoms with Gasteiger partial charge in [-0.25, -0.2) is 9.18 Å². The molecule has 0 saturated heterocycles. The second-order valence-corrected chi connectivity index (χ2v) is 3.59. The van der Waals surface area contributed by atoms with Crippen molar-refractivity contribution in [1.29, 1.82) is 5.41 Å². The fraction of sp³-hybridized carbons (Fsp3) is 0.333. The molecule has 1 aromatic rings. The number of halogens is 3. The Hall–Kier alpha value is -1.85. The van der Waals surface area contributed by atoms with E-state index in [0.717, 1.165) is 6.07 Å². The Balaban J connectivity index is 3.29. The van der Waals surface area contributed by atoms with Crippen molar-refractivity contribution in [3.8, 4) is 0 Å². The maximum atomic E-state index is 13.8. The molecule has 18 heavy (non-hydrogen) atoms. The lowest BCUT2D eigenvalue weighted by atomic mass is 10.0. The Labute approximate surface area is 102 Å². The van der Waals surface area contributed by atoms with E-state index < -0.39 is 23.3 Å². The smallest absolute Gasteiger partial charge is 0.382 e. The lowest BCUT2D eigenvalue weighted by Crippen LogP contribution is -2.29. The first-order valence-electron chi connectivity index (χ1n) is 5.21. The minimum Gasteiger partial charge on any atom is -0.461 e. The third kappa shape index (κ3) is 2.52. The summed E-state index contributed by atoms with van der Waals surface area (Å²) in [6, 6.07) is 3.17. The van der Waals surface area contributed by atoms with E-state index in [1.807, 2.05) is 0 Å². The van der Waals surface area contributed by atoms with E-state index in [1.165, 1.54) is 26.0 Å². The van der Waals surface area contributed by atoms with Crippen LogP contribution in [0, 0.1) is 11.2 Å². The molecule has 0 bridgehead atoms. The molecule has 0 fully saturated rings. The summed E-state index contributed by atoms with van der Waals surface area (Å²) >= 11 is 0. The molecule has 0 unspecified atom stereocenters. The Bertz CT molecular complexity index is 486. The van der Waals surface area contributed by atoms with Gasteiger partial charge in [-0.2, -0.15) is 8.78 Å². The molecule has 1 rings (SSSR count). The Morgan fingerprint density at radius 1 is 1.44 bits per heavy atom. The molecule has 1 aromatic carbocycles. The molecule has 0 aliphatic rings. The van der Waals surface area contributed by atoms with Gasteiger partial charge in [0.1, 0.15) is 5.82 Å². The van der Waals surface area contributed by atoms with Gasteiger partial charge in [0.15, 0.2) is 0 Å². The molecule has 0 spiro atoms. The number of hydrogen-bond donors (Lipinski definition) is 1. The van der Waals surface area contributed by atoms with Crippen LogP contribution in [0.25, 0.3) is 0 Å². The van der Waals surface area contributed by atoms with E-state index in [-0.39, 0.29) is 17.9 Å². The Morgan fingerprint density at radius 2 is 2.06 bits per heavy atom. The Morgan fingerprint density at radius 3 is 2.56 bits per heavy atom. The van der Waals surface area contributed by atoms with E-state index in [2.05, 4.69) is 4.74 Å². The third-order valence-electron chi connectivity index (χ3n) is 2.27. The van der Waals surface area contributed by atoms with Crippen molar-refractivity contribution in [1.82, 2.24) is 0 Å². The van der Waals surface area contributed by atoms with Crippen LogP contribution in [0.4, 0.5) is 13.2 Å². The summed E-state index contributed by atoms with van der Waals surface area (Å²) in [4.78, 5) is 11.1. The number of alkyl halides is 2. The highest BCUT2D eigenvalue weighted by molar-refractivity contribution is 5.97. The van der Waals surface area contributed by atoms with Crippen LogP contribution in [0.2, 0.25) is 0 Å². The standard InChI is InChI=1S/C12H12F3NO2/c1-3-18-11(17)12(14,15)9-6-4-5-8(7(2)16)10(9)13/h4-6,16H,3H2,1-2H3. The van der Waals surface area contributed by atoms with Crippen molar-refractivity contribution in [3.05, 3.63) is 35.1 Å². The second-order valence-electron chi connectivity index (χ2n) is 3.59. The number of hydrogen-bond acceptors (Lipinski definition) is 3. The van der Waals surface area contributed by atoms with Gasteiger partial charge in [-0.1, -0.05) is 12.1 Å². The molecule has 1 N–H and O–H groups in total. The van der Waals surface area contributed by atoms with E-state index in [0.29, 0.717) is 0 Å². The summed E-state index contributed by atoms with van der Waals surface area (Å²) in [6.45, 7) is 2.42. The van der Waals surface area contributed by atoms with E-state index in [4.69, 9.17) is 5.41 Å². The second kappa shape index (κ2) is 5.20. The zero-order valence-electron chi connectivity index (χ0n) is 9.89. The van der Waals surface area contributed by atoms with Crippen LogP contribution in [-0.4, -0.2) is 18.3 Å². The quantitative estimate of drug-likeness (QED) is 0.667. The highest BCUT2D eigenvalue weighted by Crippen LogP contribution is 2.32. The summed E-state index contributed by atoms with van der Waals surface area (Å²) in [6.07, 6.45) is 0. The van der Waals surface area contributed by atoms with Crippen molar-refractivity contribution >= 4 is 11.7 Å². The summed E-state index contributed by atoms with van der Waals surface area (Å²) in [5.41, 5.74) is -1.55. The maximum absolute atomic E-state index is 13.8. The summed E-state index contributed by atoms with van der Waals surface area (Å²) in [7, 11) is 0. The van der Waals surface area contributed by atoms with Crippen LogP contribution >= 0.6 is 0 Å². The topological polar surface area (TPSA) is 50.2 Å². The molecule has 0 atom stereocenters. The number of carbonyl (C=O) groups is 1. The van der Waals surface area contributed by atoms with Crippen molar-refractivity contribution < 1.29 is 22.7 Å². The average molecular weight is 259 g/mol. The minimum absolute atomic E-state index is 0.200. The highest BCUT2D eigenvalue weighted by atomic mass is 19.3. The molecule has 6 heteroatoms. The SMILES string of the molecule is CCOC(=O)C(F)(F)c1cccc(C(C)=N)c1F. The lowest BCUT2D eigenvalue weighted by Gasteiger charge is -2.16. The van der Waals surface area contributed by atoms with Crippen LogP contribution in [0.3, 0.4) is 0 Å². The molecule has 0 aromatic heterocycles. The van der Waals surface area contributed by atoms with Gasteiger partial charge in [0, 0.05) is 11.3 Å². The zero-order chi connectivity index (χ0) is 13.9. The van der Waals surface area contributed by atoms with Crippen molar-refractivity contribution in [2.75, 3.05) is 6.61 Å². The van der Waals surface area contributed by atoms with Crippen LogP contribution in [0.5, 0.6) is 0 Å². The largest absolute Gasteiger partial charge is 0.461 e. The van der Waals surface area contributed by atoms with E-state index in [9.17, 15) is 18.0 Å². The number of rotatable bonds is 4. The molecule has 0 aliphatic carbocycles. The fourth-order valence-corrected chi connectivity index (χ4v) is 1.40.